The smallest absolute Gasteiger partial charge is 0.268 e. The summed E-state index contributed by atoms with van der Waals surface area (Å²) in [6, 6.07) is 14.3. The van der Waals surface area contributed by atoms with Crippen molar-refractivity contribution in [1.29, 1.82) is 5.26 Å². The Labute approximate surface area is 197 Å². The fraction of sp³-hybridized carbons (Fsp3) is 0.280. The number of nitriles is 1. The first-order valence-corrected chi connectivity index (χ1v) is 11.1. The first-order chi connectivity index (χ1) is 16.4. The summed E-state index contributed by atoms with van der Waals surface area (Å²) in [5.74, 6) is 0.717. The largest absolute Gasteiger partial charge is 0.415 e. The Balaban J connectivity index is 1.45. The van der Waals surface area contributed by atoms with Crippen molar-refractivity contribution in [3.63, 3.8) is 0 Å². The lowest BCUT2D eigenvalue weighted by molar-refractivity contribution is 0.472. The van der Waals surface area contributed by atoms with Crippen molar-refractivity contribution in [3.05, 3.63) is 60.2 Å². The second-order valence-corrected chi connectivity index (χ2v) is 8.85. The van der Waals surface area contributed by atoms with Crippen LogP contribution < -0.4 is 10.6 Å². The predicted molar refractivity (Wildman–Crippen MR) is 128 cm³/mol. The zero-order chi connectivity index (χ0) is 23.7. The van der Waals surface area contributed by atoms with Gasteiger partial charge in [-0.05, 0) is 51.1 Å². The fourth-order valence-electron chi connectivity index (χ4n) is 3.58. The number of rotatable bonds is 6. The molecule has 0 spiro atoms. The molecule has 0 atom stereocenters. The van der Waals surface area contributed by atoms with Crippen LogP contribution in [-0.2, 0) is 5.41 Å². The average molecular weight is 453 g/mol. The summed E-state index contributed by atoms with van der Waals surface area (Å²) in [6.45, 7) is 7.42. The van der Waals surface area contributed by atoms with Gasteiger partial charge in [0.05, 0.1) is 40.8 Å². The molecule has 1 aromatic carbocycles. The predicted octanol–water partition coefficient (Wildman–Crippen LogP) is 3.75. The van der Waals surface area contributed by atoms with Crippen LogP contribution >= 0.6 is 0 Å². The Morgan fingerprint density at radius 1 is 1.09 bits per heavy atom. The van der Waals surface area contributed by atoms with Gasteiger partial charge in [0.1, 0.15) is 5.69 Å². The fourth-order valence-corrected chi connectivity index (χ4v) is 3.58. The van der Waals surface area contributed by atoms with Gasteiger partial charge in [-0.15, -0.1) is 10.2 Å². The van der Waals surface area contributed by atoms with Gasteiger partial charge in [0.15, 0.2) is 0 Å². The highest BCUT2D eigenvalue weighted by atomic mass is 16.4. The lowest BCUT2D eigenvalue weighted by atomic mass is 9.90. The zero-order valence-corrected chi connectivity index (χ0v) is 19.2. The van der Waals surface area contributed by atoms with E-state index < -0.39 is 5.41 Å². The molecule has 1 fully saturated rings. The van der Waals surface area contributed by atoms with E-state index in [1.165, 1.54) is 0 Å². The van der Waals surface area contributed by atoms with E-state index >= 15 is 0 Å². The molecule has 1 aliphatic heterocycles. The molecule has 9 nitrogen and oxygen atoms in total. The molecule has 0 saturated carbocycles. The molecule has 1 aliphatic rings. The van der Waals surface area contributed by atoms with Crippen molar-refractivity contribution in [1.82, 2.24) is 30.5 Å². The second kappa shape index (κ2) is 8.65. The summed E-state index contributed by atoms with van der Waals surface area (Å²) >= 11 is 0. The third-order valence-electron chi connectivity index (χ3n) is 5.82. The molecule has 0 amide bonds. The van der Waals surface area contributed by atoms with Gasteiger partial charge < -0.3 is 15.1 Å². The quantitative estimate of drug-likeness (QED) is 0.450. The molecule has 0 bridgehead atoms. The van der Waals surface area contributed by atoms with E-state index in [-0.39, 0.29) is 0 Å². The standard InChI is InChI=1S/C25H24N8O/c1-15-22(31-20(13-29-15)16-7-8-28-21(10-16)25(2,3)14-26)24-33-32-23(34-24)17-5-4-6-18(9-17)30-19-11-27-12-19/h4-10,13,19,27,30H,11-12H2,1-3H3. The van der Waals surface area contributed by atoms with E-state index in [2.05, 4.69) is 36.9 Å². The van der Waals surface area contributed by atoms with E-state index in [9.17, 15) is 5.26 Å². The molecule has 1 saturated heterocycles. The summed E-state index contributed by atoms with van der Waals surface area (Å²) in [6.07, 6.45) is 3.37. The van der Waals surface area contributed by atoms with Gasteiger partial charge in [0, 0.05) is 36.1 Å². The first kappa shape index (κ1) is 21.7. The topological polar surface area (TPSA) is 125 Å². The molecule has 9 heteroatoms. The highest BCUT2D eigenvalue weighted by molar-refractivity contribution is 5.65. The summed E-state index contributed by atoms with van der Waals surface area (Å²) in [4.78, 5) is 13.6. The normalized spacial score (nSPS) is 13.8. The molecule has 5 rings (SSSR count). The molecule has 0 aliphatic carbocycles. The maximum absolute atomic E-state index is 9.46. The van der Waals surface area contributed by atoms with Crippen LogP contribution in [0.1, 0.15) is 25.2 Å². The van der Waals surface area contributed by atoms with Crippen LogP contribution in [0.25, 0.3) is 34.3 Å². The molecule has 4 heterocycles. The highest BCUT2D eigenvalue weighted by Crippen LogP contribution is 2.29. The molecule has 34 heavy (non-hydrogen) atoms. The second-order valence-electron chi connectivity index (χ2n) is 8.85. The number of hydrogen-bond donors (Lipinski definition) is 2. The lowest BCUT2D eigenvalue weighted by Gasteiger charge is -2.29. The van der Waals surface area contributed by atoms with Gasteiger partial charge in [0.25, 0.3) is 5.89 Å². The Morgan fingerprint density at radius 3 is 2.68 bits per heavy atom. The summed E-state index contributed by atoms with van der Waals surface area (Å²) in [5, 5.41) is 24.7. The van der Waals surface area contributed by atoms with Gasteiger partial charge >= 0.3 is 0 Å². The van der Waals surface area contributed by atoms with Crippen LogP contribution in [0.4, 0.5) is 5.69 Å². The lowest BCUT2D eigenvalue weighted by Crippen LogP contribution is -2.51. The van der Waals surface area contributed by atoms with Gasteiger partial charge in [0.2, 0.25) is 5.89 Å². The zero-order valence-electron chi connectivity index (χ0n) is 19.2. The van der Waals surface area contributed by atoms with E-state index in [1.54, 1.807) is 12.4 Å². The molecule has 170 valence electrons. The molecular weight excluding hydrogens is 428 g/mol. The number of nitrogens with one attached hydrogen (secondary N) is 2. The molecule has 0 unspecified atom stereocenters. The highest BCUT2D eigenvalue weighted by Gasteiger charge is 2.23. The van der Waals surface area contributed by atoms with Crippen molar-refractivity contribution in [2.45, 2.75) is 32.2 Å². The minimum Gasteiger partial charge on any atom is -0.415 e. The Bertz CT molecular complexity index is 1380. The van der Waals surface area contributed by atoms with Crippen molar-refractivity contribution in [2.75, 3.05) is 18.4 Å². The van der Waals surface area contributed by atoms with E-state index in [1.807, 2.05) is 57.2 Å². The van der Waals surface area contributed by atoms with Crippen molar-refractivity contribution in [3.8, 4) is 40.4 Å². The number of benzene rings is 1. The van der Waals surface area contributed by atoms with Gasteiger partial charge in [-0.2, -0.15) is 5.26 Å². The minimum absolute atomic E-state index is 0.301. The number of aryl methyl sites for hydroxylation is 1. The molecule has 3 aromatic heterocycles. The van der Waals surface area contributed by atoms with Crippen molar-refractivity contribution in [2.24, 2.45) is 0 Å². The SMILES string of the molecule is Cc1ncc(-c2ccnc(C(C)(C)C#N)c2)nc1-c1nnc(-c2cccc(NC3CNC3)c2)o1. The van der Waals surface area contributed by atoms with Gasteiger partial charge in [-0.25, -0.2) is 4.98 Å². The number of anilines is 1. The number of hydrogen-bond acceptors (Lipinski definition) is 9. The maximum atomic E-state index is 9.46. The van der Waals surface area contributed by atoms with Crippen LogP contribution in [-0.4, -0.2) is 44.3 Å². The maximum Gasteiger partial charge on any atom is 0.268 e. The molecule has 4 aromatic rings. The van der Waals surface area contributed by atoms with Crippen LogP contribution in [0.3, 0.4) is 0 Å². The summed E-state index contributed by atoms with van der Waals surface area (Å²) < 4.78 is 6.00. The first-order valence-electron chi connectivity index (χ1n) is 11.1. The average Bonchev–Trinajstić information content (AvgIpc) is 3.32. The number of nitrogens with zero attached hydrogens (tertiary/aromatic N) is 6. The summed E-state index contributed by atoms with van der Waals surface area (Å²) in [7, 11) is 0. The number of aromatic nitrogens is 5. The minimum atomic E-state index is -0.711. The van der Waals surface area contributed by atoms with E-state index in [4.69, 9.17) is 9.40 Å². The monoisotopic (exact) mass is 452 g/mol. The van der Waals surface area contributed by atoms with E-state index in [0.29, 0.717) is 40.6 Å². The van der Waals surface area contributed by atoms with E-state index in [0.717, 1.165) is 29.9 Å². The Kier molecular flexibility index (Phi) is 5.51. The van der Waals surface area contributed by atoms with Crippen LogP contribution in [0.2, 0.25) is 0 Å². The van der Waals surface area contributed by atoms with Crippen molar-refractivity contribution >= 4 is 5.69 Å². The summed E-state index contributed by atoms with van der Waals surface area (Å²) in [5.41, 5.74) is 4.44. The molecule has 0 radical (unpaired) electrons. The Morgan fingerprint density at radius 2 is 1.91 bits per heavy atom. The third-order valence-corrected chi connectivity index (χ3v) is 5.82. The Hall–Kier alpha value is -4.16. The molecule has 2 N–H and O–H groups in total. The van der Waals surface area contributed by atoms with Crippen molar-refractivity contribution < 1.29 is 4.42 Å². The number of pyridine rings is 1. The van der Waals surface area contributed by atoms with Crippen LogP contribution in [0.15, 0.2) is 53.2 Å². The van der Waals surface area contributed by atoms with Gasteiger partial charge in [-0.3, -0.25) is 9.97 Å². The molecular formula is C25H24N8O. The van der Waals surface area contributed by atoms with Crippen LogP contribution in [0.5, 0.6) is 0 Å². The third kappa shape index (κ3) is 4.23. The van der Waals surface area contributed by atoms with Crippen LogP contribution in [0, 0.1) is 18.3 Å². The van der Waals surface area contributed by atoms with Gasteiger partial charge in [-0.1, -0.05) is 6.07 Å².